The molecule has 3 fully saturated rings. The minimum absolute atomic E-state index is 0.0440. The highest BCUT2D eigenvalue weighted by Crippen LogP contribution is 2.68. The first-order chi connectivity index (χ1) is 15.1. The average Bonchev–Trinajstić information content (AvgIpc) is 3.03. The molecule has 4 nitrogen and oxygen atoms in total. The van der Waals surface area contributed by atoms with Crippen LogP contribution in [0, 0.1) is 28.6 Å². The van der Waals surface area contributed by atoms with E-state index < -0.39 is 17.2 Å². The summed E-state index contributed by atoms with van der Waals surface area (Å²) in [5.74, 6) is 0.284. The van der Waals surface area contributed by atoms with Crippen molar-refractivity contribution in [3.05, 3.63) is 11.6 Å². The molecule has 0 saturated heterocycles. The first kappa shape index (κ1) is 24.1. The van der Waals surface area contributed by atoms with Crippen LogP contribution in [-0.4, -0.2) is 34.6 Å². The van der Waals surface area contributed by atoms with E-state index in [2.05, 4.69) is 29.8 Å². The first-order valence-corrected chi connectivity index (χ1v) is 13.4. The molecule has 3 saturated carbocycles. The standard InChI is InChI=1S/C26H36BrFO4/c1-16(29)26(32-23(31)6-4-5-13-27)12-9-20-18-15-22(28)21-14-17(30)7-10-24(21,2)19(18)8-11-25(20,26)3/h14,18-20,22H,4-13,15H2,1-3H3/t18-,19+,20+,22+,24-,25+,26+/m1/s1. The molecule has 0 aliphatic heterocycles. The lowest BCUT2D eigenvalue weighted by molar-refractivity contribution is -0.189. The van der Waals surface area contributed by atoms with Crippen molar-refractivity contribution in [2.45, 2.75) is 96.8 Å². The van der Waals surface area contributed by atoms with Crippen LogP contribution in [0.3, 0.4) is 0 Å². The van der Waals surface area contributed by atoms with E-state index in [4.69, 9.17) is 4.74 Å². The number of carbonyl (C=O) groups excluding carboxylic acids is 3. The number of unbranched alkanes of at least 4 members (excludes halogenated alkanes) is 1. The minimum Gasteiger partial charge on any atom is -0.450 e. The summed E-state index contributed by atoms with van der Waals surface area (Å²) in [7, 11) is 0. The lowest BCUT2D eigenvalue weighted by Gasteiger charge is -2.59. The maximum Gasteiger partial charge on any atom is 0.306 e. The largest absolute Gasteiger partial charge is 0.450 e. The molecule has 4 aliphatic rings. The van der Waals surface area contributed by atoms with E-state index in [-0.39, 0.29) is 34.8 Å². The maximum absolute atomic E-state index is 15.4. The Bertz CT molecular complexity index is 840. The number of esters is 1. The van der Waals surface area contributed by atoms with Gasteiger partial charge in [-0.05, 0) is 93.1 Å². The molecule has 0 unspecified atom stereocenters. The molecule has 0 aromatic heterocycles. The van der Waals surface area contributed by atoms with Crippen molar-refractivity contribution in [2.24, 2.45) is 28.6 Å². The Kier molecular flexibility index (Phi) is 6.50. The third-order valence-electron chi connectivity index (χ3n) is 9.68. The molecular formula is C26H36BrFO4. The monoisotopic (exact) mass is 510 g/mol. The Hall–Kier alpha value is -1.04. The highest BCUT2D eigenvalue weighted by Gasteiger charge is 2.68. The molecule has 0 radical (unpaired) electrons. The molecular weight excluding hydrogens is 475 g/mol. The van der Waals surface area contributed by atoms with Gasteiger partial charge in [0.05, 0.1) is 0 Å². The third kappa shape index (κ3) is 3.54. The minimum atomic E-state index is -1.10. The van der Waals surface area contributed by atoms with Crippen molar-refractivity contribution in [2.75, 3.05) is 5.33 Å². The number of fused-ring (bicyclic) bond motifs is 5. The molecule has 0 amide bonds. The summed E-state index contributed by atoms with van der Waals surface area (Å²) >= 11 is 3.39. The van der Waals surface area contributed by atoms with Crippen LogP contribution in [0.1, 0.15) is 85.0 Å². The molecule has 0 bridgehead atoms. The Balaban J connectivity index is 1.63. The second-order valence-corrected chi connectivity index (χ2v) is 11.9. The van der Waals surface area contributed by atoms with Crippen LogP contribution in [0.25, 0.3) is 0 Å². The summed E-state index contributed by atoms with van der Waals surface area (Å²) in [5, 5.41) is 0.839. The zero-order valence-corrected chi connectivity index (χ0v) is 21.1. The summed E-state index contributed by atoms with van der Waals surface area (Å²) in [6.45, 7) is 5.81. The topological polar surface area (TPSA) is 60.4 Å². The third-order valence-corrected chi connectivity index (χ3v) is 10.2. The lowest BCUT2D eigenvalue weighted by Crippen LogP contribution is -2.59. The fourth-order valence-electron chi connectivity index (χ4n) is 7.98. The predicted molar refractivity (Wildman–Crippen MR) is 124 cm³/mol. The Labute approximate surface area is 199 Å². The number of ether oxygens (including phenoxy) is 1. The van der Waals surface area contributed by atoms with E-state index in [0.717, 1.165) is 37.4 Å². The Morgan fingerprint density at radius 2 is 1.88 bits per heavy atom. The highest BCUT2D eigenvalue weighted by molar-refractivity contribution is 9.09. The lowest BCUT2D eigenvalue weighted by atomic mass is 9.46. The summed E-state index contributed by atoms with van der Waals surface area (Å²) in [4.78, 5) is 37.8. The van der Waals surface area contributed by atoms with Gasteiger partial charge in [-0.1, -0.05) is 29.8 Å². The van der Waals surface area contributed by atoms with Crippen LogP contribution >= 0.6 is 15.9 Å². The van der Waals surface area contributed by atoms with E-state index in [1.54, 1.807) is 13.0 Å². The van der Waals surface area contributed by atoms with Crippen molar-refractivity contribution in [3.8, 4) is 0 Å². The average molecular weight is 511 g/mol. The Morgan fingerprint density at radius 1 is 1.16 bits per heavy atom. The molecule has 7 atom stereocenters. The van der Waals surface area contributed by atoms with Gasteiger partial charge in [0.2, 0.25) is 0 Å². The number of hydrogen-bond donors (Lipinski definition) is 0. The van der Waals surface area contributed by atoms with Crippen molar-refractivity contribution in [3.63, 3.8) is 0 Å². The van der Waals surface area contributed by atoms with Gasteiger partial charge in [0, 0.05) is 23.6 Å². The fraction of sp³-hybridized carbons (Fsp3) is 0.808. The van der Waals surface area contributed by atoms with Gasteiger partial charge in [-0.3, -0.25) is 14.4 Å². The molecule has 0 spiro atoms. The number of alkyl halides is 2. The Morgan fingerprint density at radius 3 is 2.56 bits per heavy atom. The van der Waals surface area contributed by atoms with Gasteiger partial charge in [-0.25, -0.2) is 4.39 Å². The van der Waals surface area contributed by atoms with Crippen LogP contribution in [0.2, 0.25) is 0 Å². The molecule has 4 aliphatic carbocycles. The van der Waals surface area contributed by atoms with Crippen LogP contribution in [0.15, 0.2) is 11.6 Å². The van der Waals surface area contributed by atoms with Crippen LogP contribution in [0.5, 0.6) is 0 Å². The van der Waals surface area contributed by atoms with Crippen LogP contribution < -0.4 is 0 Å². The van der Waals surface area contributed by atoms with Crippen LogP contribution in [-0.2, 0) is 19.1 Å². The number of ketones is 2. The van der Waals surface area contributed by atoms with Crippen molar-refractivity contribution >= 4 is 33.5 Å². The summed E-state index contributed by atoms with van der Waals surface area (Å²) < 4.78 is 21.5. The molecule has 0 heterocycles. The highest BCUT2D eigenvalue weighted by atomic mass is 79.9. The SMILES string of the molecule is CC(=O)[C@@]1(OC(=O)CCCCBr)CC[C@H]2[C@@H]3C[C@H](F)C4=CC(=O)CC[C@]4(C)[C@H]3CC[C@@]21C. The molecule has 0 aromatic rings. The first-order valence-electron chi connectivity index (χ1n) is 12.3. The molecule has 6 heteroatoms. The number of halogens is 2. The van der Waals surface area contributed by atoms with Gasteiger partial charge in [-0.2, -0.15) is 0 Å². The van der Waals surface area contributed by atoms with E-state index in [1.807, 2.05) is 0 Å². The number of rotatable bonds is 6. The summed E-state index contributed by atoms with van der Waals surface area (Å²) in [6, 6.07) is 0. The second-order valence-electron chi connectivity index (χ2n) is 11.1. The van der Waals surface area contributed by atoms with E-state index >= 15 is 4.39 Å². The van der Waals surface area contributed by atoms with Gasteiger partial charge in [0.15, 0.2) is 17.2 Å². The molecule has 4 rings (SSSR count). The van der Waals surface area contributed by atoms with Crippen LogP contribution in [0.4, 0.5) is 4.39 Å². The van der Waals surface area contributed by atoms with Crippen molar-refractivity contribution in [1.29, 1.82) is 0 Å². The number of hydrogen-bond acceptors (Lipinski definition) is 4. The maximum atomic E-state index is 15.4. The van der Waals surface area contributed by atoms with Gasteiger partial charge >= 0.3 is 5.97 Å². The quantitative estimate of drug-likeness (QED) is 0.253. The van der Waals surface area contributed by atoms with Gasteiger partial charge in [-0.15, -0.1) is 0 Å². The summed E-state index contributed by atoms with van der Waals surface area (Å²) in [5.41, 5.74) is -1.15. The number of allylic oxidation sites excluding steroid dienone is 1. The molecule has 0 aromatic carbocycles. The zero-order valence-electron chi connectivity index (χ0n) is 19.6. The smallest absolute Gasteiger partial charge is 0.306 e. The van der Waals surface area contributed by atoms with Crippen molar-refractivity contribution in [1.82, 2.24) is 0 Å². The van der Waals surface area contributed by atoms with Gasteiger partial charge in [0.25, 0.3) is 0 Å². The van der Waals surface area contributed by atoms with E-state index in [0.29, 0.717) is 43.6 Å². The van der Waals surface area contributed by atoms with E-state index in [1.165, 1.54) is 0 Å². The normalized spacial score (nSPS) is 43.0. The van der Waals surface area contributed by atoms with Gasteiger partial charge < -0.3 is 4.74 Å². The fourth-order valence-corrected chi connectivity index (χ4v) is 8.38. The zero-order chi connectivity index (χ0) is 23.3. The van der Waals surface area contributed by atoms with Crippen molar-refractivity contribution < 1.29 is 23.5 Å². The van der Waals surface area contributed by atoms with E-state index in [9.17, 15) is 14.4 Å². The predicted octanol–water partition coefficient (Wildman–Crippen LogP) is 5.90. The molecule has 32 heavy (non-hydrogen) atoms. The molecule has 0 N–H and O–H groups in total. The summed E-state index contributed by atoms with van der Waals surface area (Å²) in [6.07, 6.45) is 7.02. The number of carbonyl (C=O) groups is 3. The number of Topliss-reactive ketones (excluding diaryl/α,β-unsaturated/α-hetero) is 1. The van der Waals surface area contributed by atoms with Gasteiger partial charge in [0.1, 0.15) is 6.17 Å². The molecule has 178 valence electrons. The second kappa shape index (κ2) is 8.63.